The Morgan fingerprint density at radius 3 is 2.63 bits per heavy atom. The van der Waals surface area contributed by atoms with E-state index in [9.17, 15) is 4.79 Å². The fraction of sp³-hybridized carbons (Fsp3) is 0.286. The molecule has 0 aliphatic rings. The number of amides is 1. The number of nitrogens with one attached hydrogen (secondary N) is 1. The Hall–Kier alpha value is -1.72. The molecule has 1 amide bonds. The van der Waals surface area contributed by atoms with E-state index in [2.05, 4.69) is 10.3 Å². The largest absolute Gasteiger partial charge is 0.358 e. The lowest BCUT2D eigenvalue weighted by Gasteiger charge is -2.18. The first-order chi connectivity index (χ1) is 9.16. The van der Waals surface area contributed by atoms with Gasteiger partial charge in [-0.2, -0.15) is 0 Å². The quantitative estimate of drug-likeness (QED) is 0.912. The van der Waals surface area contributed by atoms with Crippen LogP contribution in [0.25, 0.3) is 0 Å². The van der Waals surface area contributed by atoms with Crippen LogP contribution in [0.5, 0.6) is 0 Å². The molecule has 0 fully saturated rings. The van der Waals surface area contributed by atoms with Crippen molar-refractivity contribution in [3.05, 3.63) is 46.9 Å². The zero-order chi connectivity index (χ0) is 13.7. The molecule has 1 heterocycles. The highest BCUT2D eigenvalue weighted by Gasteiger charge is 2.25. The number of aromatic nitrogens is 1. The third-order valence-corrected chi connectivity index (χ3v) is 3.18. The number of ether oxygens (including phenoxy) is 1. The molecule has 1 unspecified atom stereocenters. The lowest BCUT2D eigenvalue weighted by Crippen LogP contribution is -2.25. The third-order valence-electron chi connectivity index (χ3n) is 2.36. The summed E-state index contributed by atoms with van der Waals surface area (Å²) >= 11 is 1.41. The summed E-state index contributed by atoms with van der Waals surface area (Å²) in [7, 11) is 0. The van der Waals surface area contributed by atoms with Crippen LogP contribution in [-0.2, 0) is 9.53 Å². The van der Waals surface area contributed by atoms with E-state index in [4.69, 9.17) is 4.74 Å². The maximum Gasteiger partial charge on any atom is 0.260 e. The molecule has 1 aromatic carbocycles. The van der Waals surface area contributed by atoms with Gasteiger partial charge in [-0.05, 0) is 26.0 Å². The first-order valence-corrected chi connectivity index (χ1v) is 6.95. The lowest BCUT2D eigenvalue weighted by atomic mass is 10.3. The summed E-state index contributed by atoms with van der Waals surface area (Å²) in [5.74, 6) is -0.199. The number of carbonyl (C=O) groups excluding carboxylic acids is 1. The van der Waals surface area contributed by atoms with Gasteiger partial charge in [-0.15, -0.1) is 11.3 Å². The van der Waals surface area contributed by atoms with Crippen molar-refractivity contribution in [2.24, 2.45) is 0 Å². The molecular formula is C14H16N2O2S. The van der Waals surface area contributed by atoms with Gasteiger partial charge in [0.1, 0.15) is 5.01 Å². The summed E-state index contributed by atoms with van der Waals surface area (Å²) in [4.78, 5) is 16.4. The fourth-order valence-electron chi connectivity index (χ4n) is 1.60. The van der Waals surface area contributed by atoms with Crippen molar-refractivity contribution < 1.29 is 9.53 Å². The van der Waals surface area contributed by atoms with Crippen LogP contribution in [0.3, 0.4) is 0 Å². The van der Waals surface area contributed by atoms with E-state index in [0.717, 1.165) is 5.69 Å². The molecule has 0 aliphatic heterocycles. The molecular weight excluding hydrogens is 260 g/mol. The number of benzene rings is 1. The highest BCUT2D eigenvalue weighted by Crippen LogP contribution is 2.23. The predicted octanol–water partition coefficient (Wildman–Crippen LogP) is 3.25. The minimum atomic E-state index is -0.666. The van der Waals surface area contributed by atoms with Gasteiger partial charge in [0, 0.05) is 17.3 Å². The van der Waals surface area contributed by atoms with Crippen molar-refractivity contribution >= 4 is 22.9 Å². The smallest absolute Gasteiger partial charge is 0.260 e. The molecule has 0 bridgehead atoms. The Balaban J connectivity index is 2.12. The molecule has 1 aromatic heterocycles. The molecule has 1 N–H and O–H groups in total. The van der Waals surface area contributed by atoms with E-state index in [-0.39, 0.29) is 12.0 Å². The van der Waals surface area contributed by atoms with Gasteiger partial charge in [0.05, 0.1) is 6.10 Å². The van der Waals surface area contributed by atoms with Crippen molar-refractivity contribution in [3.8, 4) is 0 Å². The average molecular weight is 276 g/mol. The van der Waals surface area contributed by atoms with Gasteiger partial charge in [0.25, 0.3) is 5.91 Å². The number of hydrogen-bond donors (Lipinski definition) is 1. The third kappa shape index (κ3) is 3.87. The maximum atomic E-state index is 12.3. The zero-order valence-electron chi connectivity index (χ0n) is 10.9. The molecule has 0 radical (unpaired) electrons. The Bertz CT molecular complexity index is 512. The van der Waals surface area contributed by atoms with Crippen molar-refractivity contribution in [1.29, 1.82) is 0 Å². The summed E-state index contributed by atoms with van der Waals surface area (Å²) < 4.78 is 5.66. The first-order valence-electron chi connectivity index (χ1n) is 6.07. The van der Waals surface area contributed by atoms with Crippen molar-refractivity contribution in [2.45, 2.75) is 26.1 Å². The van der Waals surface area contributed by atoms with Crippen molar-refractivity contribution in [2.75, 3.05) is 5.32 Å². The highest BCUT2D eigenvalue weighted by molar-refractivity contribution is 7.09. The summed E-state index contributed by atoms with van der Waals surface area (Å²) in [5.41, 5.74) is 0.751. The van der Waals surface area contributed by atoms with Crippen LogP contribution >= 0.6 is 11.3 Å². The number of hydrogen-bond acceptors (Lipinski definition) is 4. The van der Waals surface area contributed by atoms with Crippen molar-refractivity contribution in [3.63, 3.8) is 0 Å². The first kappa shape index (κ1) is 13.7. The minimum absolute atomic E-state index is 0.0459. The van der Waals surface area contributed by atoms with Crippen LogP contribution in [0.4, 0.5) is 5.69 Å². The molecule has 0 saturated carbocycles. The van der Waals surface area contributed by atoms with Gasteiger partial charge in [0.15, 0.2) is 6.10 Å². The fourth-order valence-corrected chi connectivity index (χ4v) is 2.27. The van der Waals surface area contributed by atoms with Crippen LogP contribution in [-0.4, -0.2) is 17.0 Å². The summed E-state index contributed by atoms with van der Waals surface area (Å²) in [5, 5.41) is 5.34. The molecule has 4 nitrogen and oxygen atoms in total. The second-order valence-corrected chi connectivity index (χ2v) is 5.22. The maximum absolute atomic E-state index is 12.3. The molecule has 19 heavy (non-hydrogen) atoms. The van der Waals surface area contributed by atoms with Gasteiger partial charge in [-0.3, -0.25) is 4.79 Å². The molecule has 1 atom stereocenters. The normalized spacial score (nSPS) is 12.4. The summed E-state index contributed by atoms with van der Waals surface area (Å²) in [6, 6.07) is 9.32. The van der Waals surface area contributed by atoms with E-state index in [1.54, 1.807) is 6.20 Å². The topological polar surface area (TPSA) is 51.2 Å². The standard InChI is InChI=1S/C14H16N2O2S/c1-10(2)18-12(14-15-8-9-19-14)13(17)16-11-6-4-3-5-7-11/h3-10,12H,1-2H3,(H,16,17). The van der Waals surface area contributed by atoms with Crippen LogP contribution in [0.2, 0.25) is 0 Å². The molecule has 5 heteroatoms. The Labute approximate surface area is 116 Å². The van der Waals surface area contributed by atoms with Gasteiger partial charge in [-0.25, -0.2) is 4.98 Å². The van der Waals surface area contributed by atoms with Crippen LogP contribution in [0.1, 0.15) is 25.0 Å². The predicted molar refractivity (Wildman–Crippen MR) is 76.1 cm³/mol. The van der Waals surface area contributed by atoms with Crippen LogP contribution < -0.4 is 5.32 Å². The molecule has 100 valence electrons. The highest BCUT2D eigenvalue weighted by atomic mass is 32.1. The Morgan fingerprint density at radius 1 is 1.32 bits per heavy atom. The van der Waals surface area contributed by atoms with Gasteiger partial charge < -0.3 is 10.1 Å². The number of para-hydroxylation sites is 1. The van der Waals surface area contributed by atoms with Crippen LogP contribution in [0, 0.1) is 0 Å². The average Bonchev–Trinajstić information content (AvgIpc) is 2.90. The molecule has 0 aliphatic carbocycles. The zero-order valence-corrected chi connectivity index (χ0v) is 11.7. The van der Waals surface area contributed by atoms with Crippen molar-refractivity contribution in [1.82, 2.24) is 4.98 Å². The number of thiazole rings is 1. The van der Waals surface area contributed by atoms with Gasteiger partial charge in [-0.1, -0.05) is 18.2 Å². The summed E-state index contributed by atoms with van der Waals surface area (Å²) in [6.45, 7) is 3.80. The minimum Gasteiger partial charge on any atom is -0.358 e. The number of carbonyl (C=O) groups is 1. The molecule has 0 saturated heterocycles. The van der Waals surface area contributed by atoms with Gasteiger partial charge >= 0.3 is 0 Å². The van der Waals surface area contributed by atoms with E-state index >= 15 is 0 Å². The number of anilines is 1. The van der Waals surface area contributed by atoms with E-state index in [0.29, 0.717) is 5.01 Å². The van der Waals surface area contributed by atoms with E-state index < -0.39 is 6.10 Å². The molecule has 2 rings (SSSR count). The number of nitrogens with zero attached hydrogens (tertiary/aromatic N) is 1. The monoisotopic (exact) mass is 276 g/mol. The SMILES string of the molecule is CC(C)OC(C(=O)Nc1ccccc1)c1nccs1. The second kappa shape index (κ2) is 6.45. The second-order valence-electron chi connectivity index (χ2n) is 4.29. The molecule has 2 aromatic rings. The summed E-state index contributed by atoms with van der Waals surface area (Å²) in [6.07, 6.45) is 0.961. The lowest BCUT2D eigenvalue weighted by molar-refractivity contribution is -0.130. The van der Waals surface area contributed by atoms with Crippen LogP contribution in [0.15, 0.2) is 41.9 Å². The Morgan fingerprint density at radius 2 is 2.05 bits per heavy atom. The Kier molecular flexibility index (Phi) is 4.65. The number of rotatable bonds is 5. The van der Waals surface area contributed by atoms with Gasteiger partial charge in [0.2, 0.25) is 0 Å². The van der Waals surface area contributed by atoms with E-state index in [1.165, 1.54) is 11.3 Å². The molecule has 0 spiro atoms. The van der Waals surface area contributed by atoms with E-state index in [1.807, 2.05) is 49.6 Å².